The van der Waals surface area contributed by atoms with E-state index in [9.17, 15) is 8.42 Å². The molecule has 0 atom stereocenters. The van der Waals surface area contributed by atoms with Gasteiger partial charge in [-0.15, -0.1) is 0 Å². The summed E-state index contributed by atoms with van der Waals surface area (Å²) in [6.45, 7) is 1.64. The molecule has 0 spiro atoms. The smallest absolute Gasteiger partial charge is 0.262 e. The molecule has 112 valence electrons. The SMILES string of the molecule is Cc1c(N)cc(Br)cc1S(=O)(=O)Nc1cc(Cl)cc(Cl)c1. The van der Waals surface area contributed by atoms with Crippen molar-refractivity contribution in [2.24, 2.45) is 0 Å². The molecule has 0 radical (unpaired) electrons. The van der Waals surface area contributed by atoms with Crippen LogP contribution in [0.1, 0.15) is 5.56 Å². The molecule has 2 aromatic carbocycles. The van der Waals surface area contributed by atoms with Crippen LogP contribution in [0.4, 0.5) is 11.4 Å². The molecule has 8 heteroatoms. The summed E-state index contributed by atoms with van der Waals surface area (Å²) in [7, 11) is -3.80. The maximum absolute atomic E-state index is 12.5. The summed E-state index contributed by atoms with van der Waals surface area (Å²) in [4.78, 5) is 0.0884. The molecular formula is C13H11BrCl2N2O2S. The van der Waals surface area contributed by atoms with Crippen molar-refractivity contribution in [2.75, 3.05) is 10.5 Å². The molecule has 0 aliphatic heterocycles. The van der Waals surface area contributed by atoms with Crippen LogP contribution in [0, 0.1) is 6.92 Å². The van der Waals surface area contributed by atoms with E-state index in [0.717, 1.165) is 0 Å². The topological polar surface area (TPSA) is 72.2 Å². The van der Waals surface area contributed by atoms with Crippen LogP contribution in [0.2, 0.25) is 10.0 Å². The number of anilines is 2. The van der Waals surface area contributed by atoms with Crippen LogP contribution in [0.15, 0.2) is 39.7 Å². The highest BCUT2D eigenvalue weighted by atomic mass is 79.9. The molecular weight excluding hydrogens is 399 g/mol. The van der Waals surface area contributed by atoms with Gasteiger partial charge in [-0.2, -0.15) is 0 Å². The van der Waals surface area contributed by atoms with Crippen LogP contribution >= 0.6 is 39.1 Å². The molecule has 0 saturated carbocycles. The maximum atomic E-state index is 12.5. The van der Waals surface area contributed by atoms with Crippen molar-refractivity contribution in [2.45, 2.75) is 11.8 Å². The Labute approximate surface area is 141 Å². The molecule has 0 aromatic heterocycles. The van der Waals surface area contributed by atoms with Crippen LogP contribution in [0.25, 0.3) is 0 Å². The molecule has 0 saturated heterocycles. The van der Waals surface area contributed by atoms with Gasteiger partial charge in [-0.1, -0.05) is 39.1 Å². The third-order valence-corrected chi connectivity index (χ3v) is 5.17. The Morgan fingerprint density at radius 1 is 1.10 bits per heavy atom. The third kappa shape index (κ3) is 3.83. The number of nitrogens with one attached hydrogen (secondary N) is 1. The lowest BCUT2D eigenvalue weighted by Crippen LogP contribution is -2.15. The van der Waals surface area contributed by atoms with Gasteiger partial charge < -0.3 is 5.73 Å². The molecule has 0 aliphatic carbocycles. The molecule has 2 rings (SSSR count). The lowest BCUT2D eigenvalue weighted by molar-refractivity contribution is 0.600. The van der Waals surface area contributed by atoms with Crippen molar-refractivity contribution in [1.29, 1.82) is 0 Å². The van der Waals surface area contributed by atoms with Gasteiger partial charge in [0, 0.05) is 20.2 Å². The van der Waals surface area contributed by atoms with Gasteiger partial charge in [0.15, 0.2) is 0 Å². The quantitative estimate of drug-likeness (QED) is 0.735. The minimum Gasteiger partial charge on any atom is -0.398 e. The molecule has 0 heterocycles. The number of halogens is 3. The van der Waals surface area contributed by atoms with E-state index in [4.69, 9.17) is 28.9 Å². The van der Waals surface area contributed by atoms with Crippen molar-refractivity contribution in [3.05, 3.63) is 50.4 Å². The molecule has 0 amide bonds. The molecule has 21 heavy (non-hydrogen) atoms. The summed E-state index contributed by atoms with van der Waals surface area (Å²) in [6.07, 6.45) is 0. The van der Waals surface area contributed by atoms with E-state index in [1.807, 2.05) is 0 Å². The average molecular weight is 410 g/mol. The summed E-state index contributed by atoms with van der Waals surface area (Å²) in [5, 5.41) is 0.677. The van der Waals surface area contributed by atoms with Crippen molar-refractivity contribution >= 4 is 60.5 Å². The fraction of sp³-hybridized carbons (Fsp3) is 0.0769. The lowest BCUT2D eigenvalue weighted by atomic mass is 10.2. The summed E-state index contributed by atoms with van der Waals surface area (Å²) in [5.41, 5.74) is 6.93. The maximum Gasteiger partial charge on any atom is 0.262 e. The first kappa shape index (κ1) is 16.4. The van der Waals surface area contributed by atoms with E-state index in [-0.39, 0.29) is 10.6 Å². The van der Waals surface area contributed by atoms with Gasteiger partial charge in [-0.25, -0.2) is 8.42 Å². The zero-order chi connectivity index (χ0) is 15.8. The number of hydrogen-bond donors (Lipinski definition) is 2. The lowest BCUT2D eigenvalue weighted by Gasteiger charge is -2.13. The Kier molecular flexibility index (Phi) is 4.72. The largest absolute Gasteiger partial charge is 0.398 e. The number of nitrogens with two attached hydrogens (primary N) is 1. The molecule has 0 fully saturated rings. The highest BCUT2D eigenvalue weighted by molar-refractivity contribution is 9.10. The zero-order valence-corrected chi connectivity index (χ0v) is 14.7. The van der Waals surface area contributed by atoms with Crippen LogP contribution in [0.3, 0.4) is 0 Å². The summed E-state index contributed by atoms with van der Waals surface area (Å²) < 4.78 is 28.0. The van der Waals surface area contributed by atoms with Gasteiger partial charge in [0.2, 0.25) is 0 Å². The van der Waals surface area contributed by atoms with Crippen LogP contribution in [-0.2, 0) is 10.0 Å². The predicted octanol–water partition coefficient (Wildman–Crippen LogP) is 4.45. The van der Waals surface area contributed by atoms with E-state index in [1.54, 1.807) is 13.0 Å². The number of nitrogen functional groups attached to an aromatic ring is 1. The minimum atomic E-state index is -3.80. The molecule has 0 bridgehead atoms. The van der Waals surface area contributed by atoms with E-state index < -0.39 is 10.0 Å². The van der Waals surface area contributed by atoms with Crippen molar-refractivity contribution in [3.8, 4) is 0 Å². The Hall–Kier alpha value is -0.950. The van der Waals surface area contributed by atoms with Gasteiger partial charge in [-0.3, -0.25) is 4.72 Å². The van der Waals surface area contributed by atoms with Gasteiger partial charge in [0.1, 0.15) is 0 Å². The molecule has 0 unspecified atom stereocenters. The highest BCUT2D eigenvalue weighted by Gasteiger charge is 2.19. The first-order valence-electron chi connectivity index (χ1n) is 5.73. The average Bonchev–Trinajstić information content (AvgIpc) is 2.31. The highest BCUT2D eigenvalue weighted by Crippen LogP contribution is 2.29. The van der Waals surface area contributed by atoms with Gasteiger partial charge in [0.05, 0.1) is 10.6 Å². The predicted molar refractivity (Wildman–Crippen MR) is 90.6 cm³/mol. The van der Waals surface area contributed by atoms with Gasteiger partial charge >= 0.3 is 0 Å². The number of rotatable bonds is 3. The number of benzene rings is 2. The van der Waals surface area contributed by atoms with Crippen molar-refractivity contribution < 1.29 is 8.42 Å². The second-order valence-corrected chi connectivity index (χ2v) is 7.82. The van der Waals surface area contributed by atoms with Gasteiger partial charge in [0.25, 0.3) is 10.0 Å². The van der Waals surface area contributed by atoms with Crippen LogP contribution < -0.4 is 10.5 Å². The Morgan fingerprint density at radius 2 is 1.67 bits per heavy atom. The van der Waals surface area contributed by atoms with Gasteiger partial charge in [-0.05, 0) is 42.8 Å². The third-order valence-electron chi connectivity index (χ3n) is 2.77. The summed E-state index contributed by atoms with van der Waals surface area (Å²) >= 11 is 15.0. The number of hydrogen-bond acceptors (Lipinski definition) is 3. The second-order valence-electron chi connectivity index (χ2n) is 4.38. The molecule has 2 aromatic rings. The van der Waals surface area contributed by atoms with Crippen LogP contribution in [0.5, 0.6) is 0 Å². The normalized spacial score (nSPS) is 11.4. The molecule has 0 aliphatic rings. The van der Waals surface area contributed by atoms with E-state index >= 15 is 0 Å². The molecule has 4 nitrogen and oxygen atoms in total. The standard InChI is InChI=1S/C13H11BrCl2N2O2S/c1-7-12(17)2-8(14)3-13(7)21(19,20)18-11-5-9(15)4-10(16)6-11/h2-6,18H,17H2,1H3. The van der Waals surface area contributed by atoms with Crippen LogP contribution in [-0.4, -0.2) is 8.42 Å². The minimum absolute atomic E-state index is 0.0884. The molecule has 3 N–H and O–H groups in total. The first-order chi connectivity index (χ1) is 9.69. The van der Waals surface area contributed by atoms with Crippen molar-refractivity contribution in [1.82, 2.24) is 0 Å². The van der Waals surface area contributed by atoms with E-state index in [2.05, 4.69) is 20.7 Å². The Bertz CT molecular complexity index is 790. The summed E-state index contributed by atoms with van der Waals surface area (Å²) in [6, 6.07) is 7.59. The number of sulfonamides is 1. The van der Waals surface area contributed by atoms with E-state index in [0.29, 0.717) is 25.8 Å². The fourth-order valence-electron chi connectivity index (χ4n) is 1.78. The fourth-order valence-corrected chi connectivity index (χ4v) is 4.27. The van der Waals surface area contributed by atoms with Crippen molar-refractivity contribution in [3.63, 3.8) is 0 Å². The Balaban J connectivity index is 2.48. The first-order valence-corrected chi connectivity index (χ1v) is 8.77. The Morgan fingerprint density at radius 3 is 2.24 bits per heavy atom. The summed E-state index contributed by atoms with van der Waals surface area (Å²) in [5.74, 6) is 0. The second kappa shape index (κ2) is 6.04. The van der Waals surface area contributed by atoms with E-state index in [1.165, 1.54) is 24.3 Å². The zero-order valence-electron chi connectivity index (χ0n) is 10.8. The monoisotopic (exact) mass is 408 g/mol.